The molecule has 0 aliphatic heterocycles. The van der Waals surface area contributed by atoms with Crippen molar-refractivity contribution in [1.82, 2.24) is 5.32 Å². The van der Waals surface area contributed by atoms with Crippen molar-refractivity contribution < 1.29 is 17.9 Å². The topological polar surface area (TPSA) is 34.4 Å². The summed E-state index contributed by atoms with van der Waals surface area (Å²) in [6.07, 6.45) is 3.96. The molecular formula is C15H15F2NO2. The first-order chi connectivity index (χ1) is 9.74. The van der Waals surface area contributed by atoms with Crippen LogP contribution >= 0.6 is 0 Å². The van der Waals surface area contributed by atoms with E-state index in [-0.39, 0.29) is 12.4 Å². The minimum absolute atomic E-state index is 0.0905. The second-order valence-electron chi connectivity index (χ2n) is 4.86. The number of hydrogen-bond donors (Lipinski definition) is 1. The molecule has 0 radical (unpaired) electrons. The molecule has 1 fully saturated rings. The second kappa shape index (κ2) is 5.63. The Morgan fingerprint density at radius 3 is 2.90 bits per heavy atom. The first-order valence-corrected chi connectivity index (χ1v) is 6.59. The number of ether oxygens (including phenoxy) is 1. The summed E-state index contributed by atoms with van der Waals surface area (Å²) in [4.78, 5) is 0. The van der Waals surface area contributed by atoms with E-state index < -0.39 is 11.6 Å². The van der Waals surface area contributed by atoms with E-state index in [1.807, 2.05) is 0 Å². The van der Waals surface area contributed by atoms with Crippen molar-refractivity contribution in [2.45, 2.75) is 32.0 Å². The Bertz CT molecular complexity index is 593. The summed E-state index contributed by atoms with van der Waals surface area (Å²) in [7, 11) is 0. The van der Waals surface area contributed by atoms with Gasteiger partial charge in [-0.2, -0.15) is 4.39 Å². The average molecular weight is 279 g/mol. The van der Waals surface area contributed by atoms with Crippen LogP contribution in [0.15, 0.2) is 34.9 Å². The summed E-state index contributed by atoms with van der Waals surface area (Å²) in [5, 5.41) is 3.33. The fraction of sp³-hybridized carbons (Fsp3) is 0.333. The highest BCUT2D eigenvalue weighted by Gasteiger charge is 2.21. The van der Waals surface area contributed by atoms with Gasteiger partial charge in [0.15, 0.2) is 11.6 Å². The standard InChI is InChI=1S/C15H15F2NO2/c16-12-2-1-3-13(15(12)17)20-9-10-6-7-19-14(10)8-18-11-4-5-11/h1-3,6-7,11,18H,4-5,8-9H2. The van der Waals surface area contributed by atoms with Gasteiger partial charge in [-0.1, -0.05) is 6.07 Å². The Morgan fingerprint density at radius 2 is 2.10 bits per heavy atom. The molecule has 0 saturated heterocycles. The third-order valence-corrected chi connectivity index (χ3v) is 3.27. The quantitative estimate of drug-likeness (QED) is 0.880. The van der Waals surface area contributed by atoms with Crippen LogP contribution in [0.1, 0.15) is 24.2 Å². The highest BCUT2D eigenvalue weighted by atomic mass is 19.2. The van der Waals surface area contributed by atoms with E-state index in [9.17, 15) is 8.78 Å². The lowest BCUT2D eigenvalue weighted by molar-refractivity contribution is 0.281. The van der Waals surface area contributed by atoms with Gasteiger partial charge in [-0.05, 0) is 31.0 Å². The Hall–Kier alpha value is -1.88. The molecule has 3 rings (SSSR count). The third-order valence-electron chi connectivity index (χ3n) is 3.27. The Kier molecular flexibility index (Phi) is 3.69. The van der Waals surface area contributed by atoms with E-state index in [2.05, 4.69) is 5.32 Å². The van der Waals surface area contributed by atoms with Gasteiger partial charge in [-0.15, -0.1) is 0 Å². The van der Waals surface area contributed by atoms with Crippen LogP contribution in [-0.4, -0.2) is 6.04 Å². The molecule has 1 N–H and O–H groups in total. The zero-order valence-corrected chi connectivity index (χ0v) is 10.9. The molecule has 20 heavy (non-hydrogen) atoms. The summed E-state index contributed by atoms with van der Waals surface area (Å²) >= 11 is 0. The molecule has 1 heterocycles. The van der Waals surface area contributed by atoms with Crippen molar-refractivity contribution >= 4 is 0 Å². The fourth-order valence-electron chi connectivity index (χ4n) is 1.93. The predicted molar refractivity (Wildman–Crippen MR) is 69.3 cm³/mol. The van der Waals surface area contributed by atoms with Crippen LogP contribution in [0, 0.1) is 11.6 Å². The van der Waals surface area contributed by atoms with E-state index in [1.165, 1.54) is 25.0 Å². The maximum absolute atomic E-state index is 13.5. The van der Waals surface area contributed by atoms with Gasteiger partial charge in [0.1, 0.15) is 12.4 Å². The summed E-state index contributed by atoms with van der Waals surface area (Å²) < 4.78 is 37.2. The van der Waals surface area contributed by atoms with Gasteiger partial charge in [-0.25, -0.2) is 4.39 Å². The lowest BCUT2D eigenvalue weighted by Crippen LogP contribution is -2.16. The normalized spacial score (nSPS) is 14.5. The Morgan fingerprint density at radius 1 is 1.25 bits per heavy atom. The molecule has 5 heteroatoms. The number of benzene rings is 1. The molecule has 1 saturated carbocycles. The Labute approximate surface area is 115 Å². The zero-order chi connectivity index (χ0) is 13.9. The van der Waals surface area contributed by atoms with Crippen LogP contribution in [0.25, 0.3) is 0 Å². The molecule has 1 aliphatic carbocycles. The van der Waals surface area contributed by atoms with Crippen LogP contribution in [0.3, 0.4) is 0 Å². The smallest absolute Gasteiger partial charge is 0.200 e. The molecular weight excluding hydrogens is 264 g/mol. The molecule has 1 aromatic carbocycles. The summed E-state index contributed by atoms with van der Waals surface area (Å²) in [5.74, 6) is -1.19. The highest BCUT2D eigenvalue weighted by Crippen LogP contribution is 2.23. The van der Waals surface area contributed by atoms with E-state index in [0.29, 0.717) is 12.6 Å². The van der Waals surface area contributed by atoms with Gasteiger partial charge >= 0.3 is 0 Å². The van der Waals surface area contributed by atoms with Crippen molar-refractivity contribution in [3.8, 4) is 5.75 Å². The maximum atomic E-state index is 13.5. The highest BCUT2D eigenvalue weighted by molar-refractivity contribution is 5.26. The van der Waals surface area contributed by atoms with E-state index >= 15 is 0 Å². The number of halogens is 2. The molecule has 0 atom stereocenters. The molecule has 106 valence electrons. The van der Waals surface area contributed by atoms with Crippen LogP contribution in [0.4, 0.5) is 8.78 Å². The summed E-state index contributed by atoms with van der Waals surface area (Å²) in [6, 6.07) is 6.24. The molecule has 0 amide bonds. The van der Waals surface area contributed by atoms with Gasteiger partial charge < -0.3 is 14.5 Å². The molecule has 1 aromatic heterocycles. The Balaban J connectivity index is 1.62. The van der Waals surface area contributed by atoms with Gasteiger partial charge in [0.2, 0.25) is 5.82 Å². The van der Waals surface area contributed by atoms with Crippen molar-refractivity contribution in [1.29, 1.82) is 0 Å². The number of rotatable bonds is 6. The SMILES string of the molecule is Fc1cccc(OCc2ccoc2CNC2CC2)c1F. The van der Waals surface area contributed by atoms with Crippen molar-refractivity contribution in [3.63, 3.8) is 0 Å². The lowest BCUT2D eigenvalue weighted by atomic mass is 10.2. The van der Waals surface area contributed by atoms with E-state index in [0.717, 1.165) is 17.4 Å². The second-order valence-corrected chi connectivity index (χ2v) is 4.86. The van der Waals surface area contributed by atoms with E-state index in [1.54, 1.807) is 12.3 Å². The minimum atomic E-state index is -0.964. The van der Waals surface area contributed by atoms with Gasteiger partial charge in [0, 0.05) is 11.6 Å². The number of nitrogens with one attached hydrogen (secondary N) is 1. The molecule has 3 nitrogen and oxygen atoms in total. The fourth-order valence-corrected chi connectivity index (χ4v) is 1.93. The van der Waals surface area contributed by atoms with Crippen molar-refractivity contribution in [2.75, 3.05) is 0 Å². The van der Waals surface area contributed by atoms with Crippen molar-refractivity contribution in [2.24, 2.45) is 0 Å². The molecule has 0 unspecified atom stereocenters. The van der Waals surface area contributed by atoms with Crippen LogP contribution in [0.2, 0.25) is 0 Å². The first-order valence-electron chi connectivity index (χ1n) is 6.59. The van der Waals surface area contributed by atoms with Crippen LogP contribution in [-0.2, 0) is 13.2 Å². The lowest BCUT2D eigenvalue weighted by Gasteiger charge is -2.08. The van der Waals surface area contributed by atoms with E-state index in [4.69, 9.17) is 9.15 Å². The number of hydrogen-bond acceptors (Lipinski definition) is 3. The third kappa shape index (κ3) is 2.99. The molecule has 0 spiro atoms. The van der Waals surface area contributed by atoms with Crippen molar-refractivity contribution in [3.05, 3.63) is 53.5 Å². The maximum Gasteiger partial charge on any atom is 0.200 e. The average Bonchev–Trinajstić information content (AvgIpc) is 3.17. The van der Waals surface area contributed by atoms with Crippen LogP contribution < -0.4 is 10.1 Å². The molecule has 2 aromatic rings. The number of furan rings is 1. The predicted octanol–water partition coefficient (Wildman–Crippen LogP) is 3.39. The first kappa shape index (κ1) is 13.1. The largest absolute Gasteiger partial charge is 0.486 e. The minimum Gasteiger partial charge on any atom is -0.486 e. The zero-order valence-electron chi connectivity index (χ0n) is 10.9. The van der Waals surface area contributed by atoms with Crippen LogP contribution in [0.5, 0.6) is 5.75 Å². The van der Waals surface area contributed by atoms with Gasteiger partial charge in [0.25, 0.3) is 0 Å². The monoisotopic (exact) mass is 279 g/mol. The molecule has 1 aliphatic rings. The summed E-state index contributed by atoms with van der Waals surface area (Å²) in [6.45, 7) is 0.778. The summed E-state index contributed by atoms with van der Waals surface area (Å²) in [5.41, 5.74) is 0.835. The molecule has 0 bridgehead atoms. The van der Waals surface area contributed by atoms with Gasteiger partial charge in [-0.3, -0.25) is 0 Å². The van der Waals surface area contributed by atoms with Gasteiger partial charge in [0.05, 0.1) is 12.8 Å².